The molecule has 5 nitrogen and oxygen atoms in total. The van der Waals surface area contributed by atoms with Gasteiger partial charge in [-0.15, -0.1) is 0 Å². The van der Waals surface area contributed by atoms with Gasteiger partial charge in [0.05, 0.1) is 22.9 Å². The smallest absolute Gasteiger partial charge is 0.250 e. The van der Waals surface area contributed by atoms with Crippen molar-refractivity contribution in [3.8, 4) is 6.07 Å². The first-order chi connectivity index (χ1) is 9.51. The van der Waals surface area contributed by atoms with Gasteiger partial charge in [0.25, 0.3) is 5.91 Å². The van der Waals surface area contributed by atoms with E-state index in [2.05, 4.69) is 11.4 Å². The molecule has 0 fully saturated rings. The molecule has 5 N–H and O–H groups in total. The van der Waals surface area contributed by atoms with Crippen molar-refractivity contribution in [2.75, 3.05) is 11.1 Å². The molecule has 20 heavy (non-hydrogen) atoms. The van der Waals surface area contributed by atoms with E-state index in [1.54, 1.807) is 30.3 Å². The Morgan fingerprint density at radius 1 is 1.20 bits per heavy atom. The maximum atomic E-state index is 11.4. The van der Waals surface area contributed by atoms with E-state index in [-0.39, 0.29) is 0 Å². The summed E-state index contributed by atoms with van der Waals surface area (Å²) < 4.78 is 0. The highest BCUT2D eigenvalue weighted by Gasteiger charge is 2.10. The maximum Gasteiger partial charge on any atom is 0.250 e. The maximum absolute atomic E-state index is 11.4. The van der Waals surface area contributed by atoms with Gasteiger partial charge in [-0.1, -0.05) is 6.07 Å². The third-order valence-electron chi connectivity index (χ3n) is 2.95. The predicted molar refractivity (Wildman–Crippen MR) is 78.5 cm³/mol. The van der Waals surface area contributed by atoms with Gasteiger partial charge in [-0.25, -0.2) is 0 Å². The van der Waals surface area contributed by atoms with E-state index < -0.39 is 5.91 Å². The summed E-state index contributed by atoms with van der Waals surface area (Å²) >= 11 is 0. The van der Waals surface area contributed by atoms with Crippen molar-refractivity contribution in [2.45, 2.75) is 6.92 Å². The van der Waals surface area contributed by atoms with Gasteiger partial charge in [0.2, 0.25) is 0 Å². The summed E-state index contributed by atoms with van der Waals surface area (Å²) in [6, 6.07) is 12.2. The summed E-state index contributed by atoms with van der Waals surface area (Å²) in [5.74, 6) is -0.540. The van der Waals surface area contributed by atoms with E-state index in [0.717, 1.165) is 11.3 Å². The lowest BCUT2D eigenvalue weighted by Gasteiger charge is -2.13. The molecule has 0 aliphatic heterocycles. The number of aryl methyl sites for hydroxylation is 1. The fraction of sp³-hybridized carbons (Fsp3) is 0.0667. The molecule has 0 unspecified atom stereocenters. The summed E-state index contributed by atoms with van der Waals surface area (Å²) in [6.07, 6.45) is 0. The Labute approximate surface area is 116 Å². The molecule has 0 aliphatic carbocycles. The van der Waals surface area contributed by atoms with Crippen LogP contribution >= 0.6 is 0 Å². The molecule has 0 radical (unpaired) electrons. The number of nitrogens with one attached hydrogen (secondary N) is 1. The van der Waals surface area contributed by atoms with Crippen LogP contribution in [0.25, 0.3) is 0 Å². The van der Waals surface area contributed by atoms with Gasteiger partial charge < -0.3 is 16.8 Å². The Kier molecular flexibility index (Phi) is 3.58. The molecule has 0 atom stereocenters. The Balaban J connectivity index is 2.47. The molecule has 2 aromatic carbocycles. The largest absolute Gasteiger partial charge is 0.399 e. The predicted octanol–water partition coefficient (Wildman–Crippen LogP) is 2.29. The summed E-state index contributed by atoms with van der Waals surface area (Å²) in [7, 11) is 0. The van der Waals surface area contributed by atoms with Crippen LogP contribution in [0.3, 0.4) is 0 Å². The number of nitrogens with zero attached hydrogens (tertiary/aromatic N) is 1. The summed E-state index contributed by atoms with van der Waals surface area (Å²) in [6.45, 7) is 1.90. The van der Waals surface area contributed by atoms with Crippen molar-refractivity contribution in [3.63, 3.8) is 0 Å². The molecule has 0 aromatic heterocycles. The minimum absolute atomic E-state index is 0.348. The highest BCUT2D eigenvalue weighted by Crippen LogP contribution is 2.26. The number of amides is 1. The second-order valence-electron chi connectivity index (χ2n) is 4.44. The number of benzene rings is 2. The number of hydrogen-bond acceptors (Lipinski definition) is 4. The summed E-state index contributed by atoms with van der Waals surface area (Å²) in [5.41, 5.74) is 14.7. The van der Waals surface area contributed by atoms with E-state index in [0.29, 0.717) is 22.5 Å². The lowest BCUT2D eigenvalue weighted by atomic mass is 10.1. The third-order valence-corrected chi connectivity index (χ3v) is 2.95. The van der Waals surface area contributed by atoms with Crippen LogP contribution in [0.5, 0.6) is 0 Å². The number of anilines is 3. The first-order valence-electron chi connectivity index (χ1n) is 5.98. The first kappa shape index (κ1) is 13.4. The van der Waals surface area contributed by atoms with Crippen molar-refractivity contribution in [3.05, 3.63) is 53.1 Å². The Bertz CT molecular complexity index is 716. The molecular formula is C15H14N4O. The Morgan fingerprint density at radius 2 is 1.95 bits per heavy atom. The van der Waals surface area contributed by atoms with E-state index in [1.165, 1.54) is 0 Å². The monoisotopic (exact) mass is 266 g/mol. The highest BCUT2D eigenvalue weighted by atomic mass is 16.1. The van der Waals surface area contributed by atoms with Gasteiger partial charge in [-0.05, 0) is 42.8 Å². The molecule has 0 spiro atoms. The number of carbonyl (C=O) groups excluding carboxylic acids is 1. The van der Waals surface area contributed by atoms with Gasteiger partial charge in [0, 0.05) is 11.4 Å². The normalized spacial score (nSPS) is 9.80. The average Bonchev–Trinajstić information content (AvgIpc) is 2.41. The number of hydrogen-bond donors (Lipinski definition) is 3. The molecule has 0 aliphatic rings. The van der Waals surface area contributed by atoms with Crippen LogP contribution in [0, 0.1) is 18.3 Å². The molecule has 0 heterocycles. The second-order valence-corrected chi connectivity index (χ2v) is 4.44. The van der Waals surface area contributed by atoms with E-state index in [9.17, 15) is 4.79 Å². The molecule has 100 valence electrons. The minimum Gasteiger partial charge on any atom is -0.399 e. The van der Waals surface area contributed by atoms with Gasteiger partial charge in [-0.2, -0.15) is 5.26 Å². The van der Waals surface area contributed by atoms with Crippen LogP contribution in [0.15, 0.2) is 36.4 Å². The summed E-state index contributed by atoms with van der Waals surface area (Å²) in [4.78, 5) is 11.4. The van der Waals surface area contributed by atoms with Crippen LogP contribution in [0.4, 0.5) is 17.1 Å². The van der Waals surface area contributed by atoms with Crippen molar-refractivity contribution in [2.24, 2.45) is 5.73 Å². The molecule has 0 saturated heterocycles. The Morgan fingerprint density at radius 3 is 2.60 bits per heavy atom. The van der Waals surface area contributed by atoms with E-state index >= 15 is 0 Å². The third kappa shape index (κ3) is 2.70. The number of rotatable bonds is 3. The van der Waals surface area contributed by atoms with Crippen molar-refractivity contribution >= 4 is 23.0 Å². The fourth-order valence-electron chi connectivity index (χ4n) is 1.85. The molecule has 2 rings (SSSR count). The van der Waals surface area contributed by atoms with Crippen molar-refractivity contribution in [1.29, 1.82) is 5.26 Å². The molecule has 5 heteroatoms. The van der Waals surface area contributed by atoms with Crippen LogP contribution < -0.4 is 16.8 Å². The highest BCUT2D eigenvalue weighted by molar-refractivity contribution is 6.00. The molecule has 0 saturated carbocycles. The number of carbonyl (C=O) groups is 1. The van der Waals surface area contributed by atoms with Crippen LogP contribution in [-0.2, 0) is 0 Å². The molecule has 0 bridgehead atoms. The lowest BCUT2D eigenvalue weighted by molar-refractivity contribution is 0.100. The Hall–Kier alpha value is -3.00. The molecular weight excluding hydrogens is 252 g/mol. The number of nitrogens with two attached hydrogens (primary N) is 2. The quantitative estimate of drug-likeness (QED) is 0.741. The minimum atomic E-state index is -0.540. The zero-order valence-corrected chi connectivity index (χ0v) is 11.0. The zero-order chi connectivity index (χ0) is 14.7. The second kappa shape index (κ2) is 5.33. The number of nitriles is 1. The van der Waals surface area contributed by atoms with Gasteiger partial charge in [-0.3, -0.25) is 4.79 Å². The van der Waals surface area contributed by atoms with Gasteiger partial charge in [0.15, 0.2) is 0 Å². The van der Waals surface area contributed by atoms with E-state index in [4.69, 9.17) is 16.7 Å². The molecule has 1 amide bonds. The van der Waals surface area contributed by atoms with E-state index in [1.807, 2.05) is 13.0 Å². The SMILES string of the molecule is Cc1ccc(C#N)cc1Nc1cc(N)ccc1C(N)=O. The van der Waals surface area contributed by atoms with Crippen LogP contribution in [0.2, 0.25) is 0 Å². The topological polar surface area (TPSA) is 105 Å². The average molecular weight is 266 g/mol. The van der Waals surface area contributed by atoms with Gasteiger partial charge in [0.1, 0.15) is 0 Å². The zero-order valence-electron chi connectivity index (χ0n) is 11.0. The van der Waals surface area contributed by atoms with Crippen molar-refractivity contribution in [1.82, 2.24) is 0 Å². The first-order valence-corrected chi connectivity index (χ1v) is 5.98. The number of nitrogen functional groups attached to an aromatic ring is 1. The van der Waals surface area contributed by atoms with Crippen LogP contribution in [0.1, 0.15) is 21.5 Å². The number of primary amides is 1. The summed E-state index contributed by atoms with van der Waals surface area (Å²) in [5, 5.41) is 12.0. The van der Waals surface area contributed by atoms with Crippen molar-refractivity contribution < 1.29 is 4.79 Å². The lowest BCUT2D eigenvalue weighted by Crippen LogP contribution is -2.13. The van der Waals surface area contributed by atoms with Gasteiger partial charge >= 0.3 is 0 Å². The van der Waals surface area contributed by atoms with Crippen LogP contribution in [-0.4, -0.2) is 5.91 Å². The standard InChI is InChI=1S/C15H14N4O/c1-9-2-3-10(8-16)6-13(9)19-14-7-11(17)4-5-12(14)15(18)20/h2-7,19H,17H2,1H3,(H2,18,20). The molecule has 2 aromatic rings. The fourth-order valence-corrected chi connectivity index (χ4v) is 1.85.